The van der Waals surface area contributed by atoms with Crippen molar-refractivity contribution in [2.24, 2.45) is 5.84 Å². The number of aryl methyl sites for hydroxylation is 1. The highest BCUT2D eigenvalue weighted by Gasteiger charge is 2.08. The number of hydrogen-bond donors (Lipinski definition) is 3. The lowest BCUT2D eigenvalue weighted by Gasteiger charge is -2.08. The molecule has 0 aromatic carbocycles. The maximum Gasteiger partial charge on any atom is 0.251 e. The van der Waals surface area contributed by atoms with Gasteiger partial charge in [-0.3, -0.25) is 4.79 Å². The Morgan fingerprint density at radius 2 is 2.22 bits per heavy atom. The second-order valence-electron chi connectivity index (χ2n) is 3.68. The third kappa shape index (κ3) is 4.31. The number of nitrogen functional groups attached to an aromatic ring is 1. The number of nitrogens with two attached hydrogens (primary N) is 1. The number of rotatable bonds is 7. The number of hydrazine groups is 1. The minimum Gasteiger partial charge on any atom is -0.380 e. The van der Waals surface area contributed by atoms with Crippen molar-refractivity contribution < 1.29 is 9.53 Å². The van der Waals surface area contributed by atoms with E-state index in [1.165, 1.54) is 0 Å². The van der Waals surface area contributed by atoms with E-state index in [9.17, 15) is 4.79 Å². The molecular weight excluding hydrogens is 232 g/mol. The van der Waals surface area contributed by atoms with Gasteiger partial charge >= 0.3 is 0 Å². The van der Waals surface area contributed by atoms with E-state index in [0.29, 0.717) is 31.1 Å². The van der Waals surface area contributed by atoms with Gasteiger partial charge in [-0.1, -0.05) is 6.92 Å². The van der Waals surface area contributed by atoms with Crippen molar-refractivity contribution in [3.05, 3.63) is 23.4 Å². The highest BCUT2D eigenvalue weighted by atomic mass is 16.5. The Kier molecular flexibility index (Phi) is 6.10. The van der Waals surface area contributed by atoms with E-state index >= 15 is 0 Å². The standard InChI is InChI=1S/C12H20N4O2/c1-3-10-7-9(8-11(15-10)16-13)12(17)14-5-6-18-4-2/h7-8H,3-6,13H2,1-2H3,(H,14,17)(H,15,16). The van der Waals surface area contributed by atoms with Crippen LogP contribution in [-0.2, 0) is 11.2 Å². The highest BCUT2D eigenvalue weighted by Crippen LogP contribution is 2.10. The van der Waals surface area contributed by atoms with Gasteiger partial charge in [0, 0.05) is 24.4 Å². The number of aromatic nitrogens is 1. The van der Waals surface area contributed by atoms with Gasteiger partial charge in [-0.05, 0) is 25.5 Å². The molecule has 0 unspecified atom stereocenters. The summed E-state index contributed by atoms with van der Waals surface area (Å²) in [6.45, 7) is 5.53. The number of carbonyl (C=O) groups excluding carboxylic acids is 1. The molecule has 1 aromatic rings. The third-order valence-corrected chi connectivity index (χ3v) is 2.39. The molecule has 18 heavy (non-hydrogen) atoms. The minimum absolute atomic E-state index is 0.150. The summed E-state index contributed by atoms with van der Waals surface area (Å²) in [5.41, 5.74) is 3.82. The first-order valence-electron chi connectivity index (χ1n) is 6.04. The number of anilines is 1. The molecule has 0 spiro atoms. The SMILES string of the molecule is CCOCCNC(=O)c1cc(CC)nc(NN)c1. The first kappa shape index (κ1) is 14.4. The van der Waals surface area contributed by atoms with Crippen molar-refractivity contribution in [2.45, 2.75) is 20.3 Å². The van der Waals surface area contributed by atoms with Gasteiger partial charge in [0.2, 0.25) is 0 Å². The van der Waals surface area contributed by atoms with Crippen molar-refractivity contribution in [1.82, 2.24) is 10.3 Å². The van der Waals surface area contributed by atoms with E-state index in [0.717, 1.165) is 12.1 Å². The zero-order chi connectivity index (χ0) is 13.4. The lowest BCUT2D eigenvalue weighted by atomic mass is 10.2. The van der Waals surface area contributed by atoms with Crippen LogP contribution >= 0.6 is 0 Å². The number of pyridine rings is 1. The van der Waals surface area contributed by atoms with Gasteiger partial charge in [-0.25, -0.2) is 10.8 Å². The Hall–Kier alpha value is -1.66. The zero-order valence-corrected chi connectivity index (χ0v) is 10.8. The van der Waals surface area contributed by atoms with E-state index in [1.54, 1.807) is 12.1 Å². The summed E-state index contributed by atoms with van der Waals surface area (Å²) in [4.78, 5) is 16.1. The fourth-order valence-corrected chi connectivity index (χ4v) is 1.46. The van der Waals surface area contributed by atoms with E-state index in [1.807, 2.05) is 13.8 Å². The fourth-order valence-electron chi connectivity index (χ4n) is 1.46. The monoisotopic (exact) mass is 252 g/mol. The first-order chi connectivity index (χ1) is 8.71. The summed E-state index contributed by atoms with van der Waals surface area (Å²) < 4.78 is 5.15. The van der Waals surface area contributed by atoms with Crippen LogP contribution in [0.1, 0.15) is 29.9 Å². The van der Waals surface area contributed by atoms with Gasteiger partial charge in [0.25, 0.3) is 5.91 Å². The Bertz CT molecular complexity index is 373. The van der Waals surface area contributed by atoms with Crippen LogP contribution in [0.25, 0.3) is 0 Å². The van der Waals surface area contributed by atoms with Crippen molar-refractivity contribution in [2.75, 3.05) is 25.2 Å². The highest BCUT2D eigenvalue weighted by molar-refractivity contribution is 5.94. The summed E-state index contributed by atoms with van der Waals surface area (Å²) in [7, 11) is 0. The van der Waals surface area contributed by atoms with Crippen molar-refractivity contribution in [3.63, 3.8) is 0 Å². The molecule has 6 nitrogen and oxygen atoms in total. The Morgan fingerprint density at radius 3 is 2.83 bits per heavy atom. The molecule has 100 valence electrons. The minimum atomic E-state index is -0.150. The number of ether oxygens (including phenoxy) is 1. The molecule has 0 radical (unpaired) electrons. The molecule has 0 bridgehead atoms. The number of amides is 1. The molecule has 1 aromatic heterocycles. The Labute approximate surface area is 107 Å². The fraction of sp³-hybridized carbons (Fsp3) is 0.500. The van der Waals surface area contributed by atoms with Gasteiger partial charge in [0.05, 0.1) is 6.61 Å². The molecular formula is C12H20N4O2. The molecule has 0 aliphatic carbocycles. The summed E-state index contributed by atoms with van der Waals surface area (Å²) >= 11 is 0. The number of nitrogens with zero attached hydrogens (tertiary/aromatic N) is 1. The van der Waals surface area contributed by atoms with Crippen LogP contribution in [0.3, 0.4) is 0 Å². The molecule has 0 saturated heterocycles. The van der Waals surface area contributed by atoms with E-state index in [4.69, 9.17) is 10.6 Å². The molecule has 0 aliphatic rings. The van der Waals surface area contributed by atoms with E-state index in [-0.39, 0.29) is 5.91 Å². The Balaban J connectivity index is 2.66. The van der Waals surface area contributed by atoms with Crippen LogP contribution in [0.15, 0.2) is 12.1 Å². The predicted molar refractivity (Wildman–Crippen MR) is 70.3 cm³/mol. The van der Waals surface area contributed by atoms with E-state index in [2.05, 4.69) is 15.7 Å². The van der Waals surface area contributed by atoms with Crippen LogP contribution in [0.5, 0.6) is 0 Å². The van der Waals surface area contributed by atoms with Crippen LogP contribution in [-0.4, -0.2) is 30.6 Å². The Morgan fingerprint density at radius 1 is 1.44 bits per heavy atom. The summed E-state index contributed by atoms with van der Waals surface area (Å²) in [5.74, 6) is 5.66. The van der Waals surface area contributed by atoms with Gasteiger partial charge in [-0.15, -0.1) is 0 Å². The maximum atomic E-state index is 11.9. The molecule has 1 amide bonds. The average Bonchev–Trinajstić information content (AvgIpc) is 2.42. The molecule has 0 fully saturated rings. The molecule has 0 aliphatic heterocycles. The second-order valence-corrected chi connectivity index (χ2v) is 3.68. The third-order valence-electron chi connectivity index (χ3n) is 2.39. The summed E-state index contributed by atoms with van der Waals surface area (Å²) in [5, 5.41) is 2.78. The van der Waals surface area contributed by atoms with Gasteiger partial charge < -0.3 is 15.5 Å². The molecule has 1 rings (SSSR count). The van der Waals surface area contributed by atoms with Crippen LogP contribution in [0.2, 0.25) is 0 Å². The molecule has 1 heterocycles. The topological polar surface area (TPSA) is 89.3 Å². The van der Waals surface area contributed by atoms with Crippen LogP contribution in [0.4, 0.5) is 5.82 Å². The van der Waals surface area contributed by atoms with Gasteiger partial charge in [-0.2, -0.15) is 0 Å². The van der Waals surface area contributed by atoms with Gasteiger partial charge in [0.15, 0.2) is 0 Å². The molecule has 6 heteroatoms. The van der Waals surface area contributed by atoms with Gasteiger partial charge in [0.1, 0.15) is 5.82 Å². The van der Waals surface area contributed by atoms with Crippen molar-refractivity contribution >= 4 is 11.7 Å². The summed E-state index contributed by atoms with van der Waals surface area (Å²) in [6, 6.07) is 3.38. The lowest BCUT2D eigenvalue weighted by molar-refractivity contribution is 0.0922. The second kappa shape index (κ2) is 7.62. The van der Waals surface area contributed by atoms with Crippen LogP contribution in [0, 0.1) is 0 Å². The zero-order valence-electron chi connectivity index (χ0n) is 10.8. The smallest absolute Gasteiger partial charge is 0.251 e. The van der Waals surface area contributed by atoms with Crippen molar-refractivity contribution in [1.29, 1.82) is 0 Å². The van der Waals surface area contributed by atoms with Crippen molar-refractivity contribution in [3.8, 4) is 0 Å². The van der Waals surface area contributed by atoms with E-state index < -0.39 is 0 Å². The average molecular weight is 252 g/mol. The summed E-state index contributed by atoms with van der Waals surface area (Å²) in [6.07, 6.45) is 0.745. The predicted octanol–water partition coefficient (Wildman–Crippen LogP) is 0.696. The number of hydrogen-bond acceptors (Lipinski definition) is 5. The largest absolute Gasteiger partial charge is 0.380 e. The first-order valence-corrected chi connectivity index (χ1v) is 6.04. The van der Waals surface area contributed by atoms with Crippen LogP contribution < -0.4 is 16.6 Å². The molecule has 0 atom stereocenters. The molecule has 0 saturated carbocycles. The molecule has 4 N–H and O–H groups in total. The normalized spacial score (nSPS) is 10.2. The number of nitrogens with one attached hydrogen (secondary N) is 2. The maximum absolute atomic E-state index is 11.9. The number of carbonyl (C=O) groups is 1. The quantitative estimate of drug-likeness (QED) is 0.377. The lowest BCUT2D eigenvalue weighted by Crippen LogP contribution is -2.27.